The van der Waals surface area contributed by atoms with Gasteiger partial charge < -0.3 is 18.6 Å². The summed E-state index contributed by atoms with van der Waals surface area (Å²) in [6.07, 6.45) is -0.388. The first-order valence-electron chi connectivity index (χ1n) is 7.44. The van der Waals surface area contributed by atoms with E-state index in [1.807, 2.05) is 13.8 Å². The zero-order valence-electron chi connectivity index (χ0n) is 14.6. The molecule has 0 amide bonds. The van der Waals surface area contributed by atoms with Crippen molar-refractivity contribution in [3.05, 3.63) is 0 Å². The second-order valence-electron chi connectivity index (χ2n) is 7.56. The largest absolute Gasteiger partial charge is 0.469 e. The molecule has 0 unspecified atom stereocenters. The molecule has 1 heterocycles. The summed E-state index contributed by atoms with van der Waals surface area (Å²) < 4.78 is 22.7. The summed E-state index contributed by atoms with van der Waals surface area (Å²) in [4.78, 5) is 11.7. The molecular formula is C15H30O5Si. The molecule has 1 saturated heterocycles. The summed E-state index contributed by atoms with van der Waals surface area (Å²) in [6.45, 7) is 15.0. The molecule has 1 fully saturated rings. The number of esters is 1. The van der Waals surface area contributed by atoms with Crippen molar-refractivity contribution in [1.82, 2.24) is 0 Å². The maximum atomic E-state index is 11.7. The second-order valence-corrected chi connectivity index (χ2v) is 12.3. The molecule has 0 radical (unpaired) electrons. The molecule has 0 aromatic rings. The van der Waals surface area contributed by atoms with Crippen molar-refractivity contribution >= 4 is 14.3 Å². The number of methoxy groups -OCH3 is 1. The predicted molar refractivity (Wildman–Crippen MR) is 83.6 cm³/mol. The monoisotopic (exact) mass is 318 g/mol. The summed E-state index contributed by atoms with van der Waals surface area (Å²) in [5.74, 6) is -0.914. The zero-order valence-corrected chi connectivity index (χ0v) is 15.6. The standard InChI is InChI=1S/C15H30O5Si/c1-14(2,3)21(7,8)20-11(9-13(16)17-6)12-10-18-15(4,5)19-12/h11-12H,9-10H2,1-8H3/t11-,12+/m1/s1. The van der Waals surface area contributed by atoms with Crippen LogP contribution in [0.15, 0.2) is 0 Å². The molecule has 0 N–H and O–H groups in total. The minimum Gasteiger partial charge on any atom is -0.469 e. The van der Waals surface area contributed by atoms with Gasteiger partial charge in [-0.05, 0) is 32.0 Å². The van der Waals surface area contributed by atoms with E-state index in [0.717, 1.165) is 0 Å². The Kier molecular flexibility index (Phi) is 5.64. The molecule has 0 aromatic heterocycles. The highest BCUT2D eigenvalue weighted by molar-refractivity contribution is 6.74. The van der Waals surface area contributed by atoms with E-state index < -0.39 is 14.1 Å². The minimum absolute atomic E-state index is 0.0658. The van der Waals surface area contributed by atoms with Crippen molar-refractivity contribution in [2.24, 2.45) is 0 Å². The van der Waals surface area contributed by atoms with E-state index in [-0.39, 0.29) is 29.6 Å². The van der Waals surface area contributed by atoms with Crippen LogP contribution in [0.3, 0.4) is 0 Å². The van der Waals surface area contributed by atoms with Crippen LogP contribution in [0, 0.1) is 0 Å². The smallest absolute Gasteiger partial charge is 0.308 e. The summed E-state index contributed by atoms with van der Waals surface area (Å²) in [6, 6.07) is 0. The Labute approximate surface area is 129 Å². The van der Waals surface area contributed by atoms with E-state index in [1.165, 1.54) is 7.11 Å². The van der Waals surface area contributed by atoms with Crippen LogP contribution in [0.5, 0.6) is 0 Å². The van der Waals surface area contributed by atoms with Gasteiger partial charge in [-0.1, -0.05) is 20.8 Å². The lowest BCUT2D eigenvalue weighted by molar-refractivity contribution is -0.157. The predicted octanol–water partition coefficient (Wildman–Crippen LogP) is 3.09. The van der Waals surface area contributed by atoms with Crippen molar-refractivity contribution in [2.75, 3.05) is 13.7 Å². The van der Waals surface area contributed by atoms with Crippen molar-refractivity contribution < 1.29 is 23.4 Å². The maximum absolute atomic E-state index is 11.7. The molecule has 0 spiro atoms. The fourth-order valence-corrected chi connectivity index (χ4v) is 3.30. The Morgan fingerprint density at radius 1 is 1.38 bits per heavy atom. The van der Waals surface area contributed by atoms with Crippen LogP contribution in [-0.4, -0.2) is 46.0 Å². The zero-order chi connectivity index (χ0) is 16.5. The van der Waals surface area contributed by atoms with Gasteiger partial charge in [-0.2, -0.15) is 0 Å². The van der Waals surface area contributed by atoms with Crippen LogP contribution in [-0.2, 0) is 23.4 Å². The summed E-state index contributed by atoms with van der Waals surface area (Å²) in [5.41, 5.74) is 0. The summed E-state index contributed by atoms with van der Waals surface area (Å²) in [5, 5.41) is 0.0658. The number of carbonyl (C=O) groups is 1. The Bertz CT molecular complexity index is 373. The van der Waals surface area contributed by atoms with E-state index in [4.69, 9.17) is 18.6 Å². The van der Waals surface area contributed by atoms with Crippen LogP contribution >= 0.6 is 0 Å². The molecule has 1 rings (SSSR count). The van der Waals surface area contributed by atoms with Gasteiger partial charge in [-0.3, -0.25) is 4.79 Å². The van der Waals surface area contributed by atoms with Crippen LogP contribution in [0.25, 0.3) is 0 Å². The van der Waals surface area contributed by atoms with Crippen molar-refractivity contribution in [3.8, 4) is 0 Å². The Morgan fingerprint density at radius 2 is 1.95 bits per heavy atom. The normalized spacial score (nSPS) is 23.9. The van der Waals surface area contributed by atoms with E-state index in [2.05, 4.69) is 33.9 Å². The lowest BCUT2D eigenvalue weighted by atomic mass is 10.1. The topological polar surface area (TPSA) is 54.0 Å². The van der Waals surface area contributed by atoms with Crippen LogP contribution in [0.1, 0.15) is 41.0 Å². The van der Waals surface area contributed by atoms with Crippen molar-refractivity contribution in [1.29, 1.82) is 0 Å². The molecule has 0 aromatic carbocycles. The Hall–Kier alpha value is -0.433. The molecule has 1 aliphatic heterocycles. The van der Waals surface area contributed by atoms with Gasteiger partial charge in [0.15, 0.2) is 14.1 Å². The SMILES string of the molecule is COC(=O)C[C@@H](O[Si](C)(C)C(C)(C)C)[C@@H]1COC(C)(C)O1. The first-order chi connectivity index (χ1) is 9.38. The van der Waals surface area contributed by atoms with Gasteiger partial charge in [0.2, 0.25) is 0 Å². The third kappa shape index (κ3) is 5.05. The highest BCUT2D eigenvalue weighted by Gasteiger charge is 2.45. The number of carbonyl (C=O) groups excluding carboxylic acids is 1. The number of hydrogen-bond acceptors (Lipinski definition) is 5. The fourth-order valence-electron chi connectivity index (χ4n) is 1.95. The third-order valence-corrected chi connectivity index (χ3v) is 8.80. The van der Waals surface area contributed by atoms with Gasteiger partial charge in [0, 0.05) is 0 Å². The van der Waals surface area contributed by atoms with E-state index in [1.54, 1.807) is 0 Å². The average molecular weight is 318 g/mol. The van der Waals surface area contributed by atoms with Gasteiger partial charge >= 0.3 is 5.97 Å². The lowest BCUT2D eigenvalue weighted by Crippen LogP contribution is -2.48. The quantitative estimate of drug-likeness (QED) is 0.576. The first kappa shape index (κ1) is 18.6. The van der Waals surface area contributed by atoms with E-state index in [0.29, 0.717) is 6.61 Å². The van der Waals surface area contributed by atoms with Gasteiger partial charge in [-0.25, -0.2) is 0 Å². The lowest BCUT2D eigenvalue weighted by Gasteiger charge is -2.40. The van der Waals surface area contributed by atoms with Crippen LogP contribution in [0.4, 0.5) is 0 Å². The molecule has 2 atom stereocenters. The molecule has 0 aliphatic carbocycles. The molecule has 1 aliphatic rings. The molecular weight excluding hydrogens is 288 g/mol. The van der Waals surface area contributed by atoms with Gasteiger partial charge in [0.05, 0.1) is 26.2 Å². The van der Waals surface area contributed by atoms with Gasteiger partial charge in [0.25, 0.3) is 0 Å². The van der Waals surface area contributed by atoms with E-state index in [9.17, 15) is 4.79 Å². The highest BCUT2D eigenvalue weighted by atomic mass is 28.4. The molecule has 0 bridgehead atoms. The average Bonchev–Trinajstić information content (AvgIpc) is 2.67. The third-order valence-electron chi connectivity index (χ3n) is 4.29. The van der Waals surface area contributed by atoms with Crippen LogP contribution in [0.2, 0.25) is 18.1 Å². The van der Waals surface area contributed by atoms with Gasteiger partial charge in [0.1, 0.15) is 6.10 Å². The summed E-state index contributed by atoms with van der Waals surface area (Å²) in [7, 11) is -0.614. The fraction of sp³-hybridized carbons (Fsp3) is 0.933. The summed E-state index contributed by atoms with van der Waals surface area (Å²) >= 11 is 0. The first-order valence-corrected chi connectivity index (χ1v) is 10.4. The number of rotatable bonds is 5. The molecule has 0 saturated carbocycles. The molecule has 5 nitrogen and oxygen atoms in total. The van der Waals surface area contributed by atoms with Gasteiger partial charge in [-0.15, -0.1) is 0 Å². The van der Waals surface area contributed by atoms with Crippen molar-refractivity contribution in [3.63, 3.8) is 0 Å². The molecule has 21 heavy (non-hydrogen) atoms. The maximum Gasteiger partial charge on any atom is 0.308 e. The highest BCUT2D eigenvalue weighted by Crippen LogP contribution is 2.39. The minimum atomic E-state index is -2.00. The molecule has 6 heteroatoms. The van der Waals surface area contributed by atoms with Crippen LogP contribution < -0.4 is 0 Å². The Balaban J connectivity index is 2.86. The second kappa shape index (κ2) is 6.36. The Morgan fingerprint density at radius 3 is 2.33 bits per heavy atom. The van der Waals surface area contributed by atoms with E-state index >= 15 is 0 Å². The molecule has 124 valence electrons. The number of hydrogen-bond donors (Lipinski definition) is 0. The van der Waals surface area contributed by atoms with Crippen molar-refractivity contribution in [2.45, 2.75) is 77.2 Å². The number of ether oxygens (including phenoxy) is 3.